The molecule has 7 heteroatoms. The maximum Gasteiger partial charge on any atom is 0.0900 e. The zero-order valence-corrected chi connectivity index (χ0v) is 16.6. The summed E-state index contributed by atoms with van der Waals surface area (Å²) < 4.78 is 0. The predicted molar refractivity (Wildman–Crippen MR) is 106 cm³/mol. The molecule has 2 aromatic carbocycles. The van der Waals surface area contributed by atoms with E-state index in [1.807, 2.05) is 6.07 Å². The van der Waals surface area contributed by atoms with Gasteiger partial charge >= 0.3 is 0 Å². The number of aliphatic hydroxyl groups is 1. The van der Waals surface area contributed by atoms with E-state index in [1.165, 1.54) is 0 Å². The third-order valence-corrected chi connectivity index (χ3v) is 5.44. The molecule has 1 heterocycles. The lowest BCUT2D eigenvalue weighted by atomic mass is 10.0. The quantitative estimate of drug-likeness (QED) is 0.425. The van der Waals surface area contributed by atoms with E-state index < -0.39 is 6.10 Å². The molecule has 0 radical (unpaired) electrons. The number of halogens is 5. The molecule has 0 saturated carbocycles. The number of alkyl halides is 1. The number of hydrogen-bond donors (Lipinski definition) is 1. The molecule has 0 aliphatic rings. The molecule has 0 saturated heterocycles. The molecule has 1 atom stereocenters. The molecule has 3 rings (SSSR count). The van der Waals surface area contributed by atoms with Crippen LogP contribution in [-0.4, -0.2) is 15.4 Å². The molecule has 2 nitrogen and oxygen atoms in total. The molecule has 0 spiro atoms. The van der Waals surface area contributed by atoms with Gasteiger partial charge in [-0.2, -0.15) is 0 Å². The van der Waals surface area contributed by atoms with Gasteiger partial charge in [0.2, 0.25) is 0 Å². The number of hydrogen-bond acceptors (Lipinski definition) is 2. The Hall–Kier alpha value is -0.550. The molecule has 0 amide bonds. The number of aromatic nitrogens is 1. The molecule has 1 unspecified atom stereocenters. The minimum Gasteiger partial charge on any atom is -0.388 e. The maximum absolute atomic E-state index is 10.4. The molecule has 1 aromatic heterocycles. The number of fused-ring (bicyclic) bond motifs is 1. The first-order chi connectivity index (χ1) is 11.4. The third-order valence-electron chi connectivity index (χ3n) is 3.58. The summed E-state index contributed by atoms with van der Waals surface area (Å²) in [6, 6.07) is 10.4. The van der Waals surface area contributed by atoms with E-state index in [1.54, 1.807) is 30.3 Å². The van der Waals surface area contributed by atoms with Crippen molar-refractivity contribution in [2.24, 2.45) is 0 Å². The average Bonchev–Trinajstić information content (AvgIpc) is 2.56. The van der Waals surface area contributed by atoms with Crippen molar-refractivity contribution in [2.75, 3.05) is 5.33 Å². The van der Waals surface area contributed by atoms with E-state index >= 15 is 0 Å². The molecule has 24 heavy (non-hydrogen) atoms. The molecule has 0 aliphatic carbocycles. The van der Waals surface area contributed by atoms with Gasteiger partial charge in [0.15, 0.2) is 0 Å². The first-order valence-electron chi connectivity index (χ1n) is 6.90. The SMILES string of the molecule is OC(CBr)c1cc(-c2ccc(Cl)c(Cl)c2)nc2c(Cl)cc(Cl)cc12. The number of nitrogens with zero attached hydrogens (tertiary/aromatic N) is 1. The van der Waals surface area contributed by atoms with Crippen molar-refractivity contribution in [3.8, 4) is 11.3 Å². The number of aliphatic hydroxyl groups excluding tert-OH is 1. The van der Waals surface area contributed by atoms with Crippen molar-refractivity contribution in [1.82, 2.24) is 4.98 Å². The van der Waals surface area contributed by atoms with Crippen LogP contribution >= 0.6 is 62.3 Å². The van der Waals surface area contributed by atoms with Crippen LogP contribution in [0.1, 0.15) is 11.7 Å². The van der Waals surface area contributed by atoms with Crippen molar-refractivity contribution in [3.05, 3.63) is 62.1 Å². The monoisotopic (exact) mass is 463 g/mol. The van der Waals surface area contributed by atoms with Gasteiger partial charge in [-0.3, -0.25) is 0 Å². The Morgan fingerprint density at radius 1 is 0.958 bits per heavy atom. The van der Waals surface area contributed by atoms with Crippen molar-refractivity contribution in [1.29, 1.82) is 0 Å². The summed E-state index contributed by atoms with van der Waals surface area (Å²) in [6.45, 7) is 0. The Kier molecular flexibility index (Phi) is 5.60. The lowest BCUT2D eigenvalue weighted by Crippen LogP contribution is -2.02. The lowest BCUT2D eigenvalue weighted by molar-refractivity contribution is 0.207. The van der Waals surface area contributed by atoms with Gasteiger partial charge in [-0.05, 0) is 35.9 Å². The van der Waals surface area contributed by atoms with Crippen molar-refractivity contribution >= 4 is 73.2 Å². The smallest absolute Gasteiger partial charge is 0.0900 e. The number of pyridine rings is 1. The highest BCUT2D eigenvalue weighted by molar-refractivity contribution is 9.09. The third kappa shape index (κ3) is 3.52. The molecule has 1 N–H and O–H groups in total. The number of benzene rings is 2. The fourth-order valence-corrected chi connectivity index (χ4v) is 3.62. The minimum absolute atomic E-state index is 0.372. The zero-order chi connectivity index (χ0) is 17.4. The predicted octanol–water partition coefficient (Wildman–Crippen LogP) is 6.94. The van der Waals surface area contributed by atoms with Gasteiger partial charge < -0.3 is 5.11 Å². The number of rotatable bonds is 3. The molecular weight excluding hydrogens is 456 g/mol. The first kappa shape index (κ1) is 18.2. The second-order valence-electron chi connectivity index (χ2n) is 5.18. The van der Waals surface area contributed by atoms with Crippen molar-refractivity contribution in [2.45, 2.75) is 6.10 Å². The van der Waals surface area contributed by atoms with Crippen LogP contribution in [-0.2, 0) is 0 Å². The van der Waals surface area contributed by atoms with Crippen LogP contribution in [0.25, 0.3) is 22.2 Å². The van der Waals surface area contributed by atoms with Crippen LogP contribution in [0, 0.1) is 0 Å². The molecule has 0 fully saturated rings. The molecular formula is C17H10BrCl4NO. The van der Waals surface area contributed by atoms with E-state index in [4.69, 9.17) is 46.4 Å². The van der Waals surface area contributed by atoms with Gasteiger partial charge in [-0.1, -0.05) is 68.4 Å². The second-order valence-corrected chi connectivity index (χ2v) is 7.49. The highest BCUT2D eigenvalue weighted by Gasteiger charge is 2.17. The van der Waals surface area contributed by atoms with Crippen LogP contribution < -0.4 is 0 Å². The topological polar surface area (TPSA) is 33.1 Å². The summed E-state index contributed by atoms with van der Waals surface area (Å²) >= 11 is 27.8. The van der Waals surface area contributed by atoms with Gasteiger partial charge in [-0.15, -0.1) is 0 Å². The summed E-state index contributed by atoms with van der Waals surface area (Å²) in [7, 11) is 0. The molecule has 3 aromatic rings. The molecule has 0 bridgehead atoms. The average molecular weight is 466 g/mol. The molecule has 124 valence electrons. The van der Waals surface area contributed by atoms with E-state index in [0.29, 0.717) is 47.6 Å². The fraction of sp³-hybridized carbons (Fsp3) is 0.118. The fourth-order valence-electron chi connectivity index (χ4n) is 2.44. The van der Waals surface area contributed by atoms with Gasteiger partial charge in [0.05, 0.1) is 32.4 Å². The van der Waals surface area contributed by atoms with Gasteiger partial charge in [0.25, 0.3) is 0 Å². The Labute approximate surface area is 167 Å². The summed E-state index contributed by atoms with van der Waals surface area (Å²) in [5, 5.41) is 13.3. The van der Waals surface area contributed by atoms with Crippen molar-refractivity contribution in [3.63, 3.8) is 0 Å². The van der Waals surface area contributed by atoms with E-state index in [2.05, 4.69) is 20.9 Å². The largest absolute Gasteiger partial charge is 0.388 e. The highest BCUT2D eigenvalue weighted by Crippen LogP contribution is 2.36. The van der Waals surface area contributed by atoms with Gasteiger partial charge in [0.1, 0.15) is 0 Å². The Morgan fingerprint density at radius 2 is 1.71 bits per heavy atom. The summed E-state index contributed by atoms with van der Waals surface area (Å²) in [5.74, 6) is 0. The van der Waals surface area contributed by atoms with Crippen LogP contribution in [0.3, 0.4) is 0 Å². The normalized spacial score (nSPS) is 12.6. The van der Waals surface area contributed by atoms with E-state index in [-0.39, 0.29) is 0 Å². The van der Waals surface area contributed by atoms with Crippen LogP contribution in [0.15, 0.2) is 36.4 Å². The maximum atomic E-state index is 10.4. The zero-order valence-electron chi connectivity index (χ0n) is 12.0. The van der Waals surface area contributed by atoms with Crippen molar-refractivity contribution < 1.29 is 5.11 Å². The summed E-state index contributed by atoms with van der Waals surface area (Å²) in [5.41, 5.74) is 2.67. The Bertz CT molecular complexity index is 932. The van der Waals surface area contributed by atoms with Gasteiger partial charge in [-0.25, -0.2) is 4.98 Å². The standard InChI is InChI=1S/C17H10BrCl4NO/c18-7-16(24)10-6-15(8-1-2-12(20)13(21)3-8)23-17-11(10)4-9(19)5-14(17)22/h1-6,16,24H,7H2. The van der Waals surface area contributed by atoms with Crippen LogP contribution in [0.2, 0.25) is 20.1 Å². The Balaban J connectivity index is 2.32. The summed E-state index contributed by atoms with van der Waals surface area (Å²) in [6.07, 6.45) is -0.730. The van der Waals surface area contributed by atoms with E-state index in [9.17, 15) is 5.11 Å². The van der Waals surface area contributed by atoms with E-state index in [0.717, 1.165) is 5.56 Å². The Morgan fingerprint density at radius 3 is 2.38 bits per heavy atom. The lowest BCUT2D eigenvalue weighted by Gasteiger charge is -2.15. The van der Waals surface area contributed by atoms with Crippen LogP contribution in [0.5, 0.6) is 0 Å². The van der Waals surface area contributed by atoms with Crippen LogP contribution in [0.4, 0.5) is 0 Å². The van der Waals surface area contributed by atoms with Gasteiger partial charge in [0, 0.05) is 21.3 Å². The summed E-state index contributed by atoms with van der Waals surface area (Å²) in [4.78, 5) is 4.62. The highest BCUT2D eigenvalue weighted by atomic mass is 79.9. The second kappa shape index (κ2) is 7.36. The minimum atomic E-state index is -0.730. The first-order valence-corrected chi connectivity index (χ1v) is 9.53. The molecule has 0 aliphatic heterocycles.